The van der Waals surface area contributed by atoms with E-state index in [9.17, 15) is 0 Å². The SMILES string of the molecule is IN1CCC(Cc2ccccc2)CC1. The van der Waals surface area contributed by atoms with Crippen LogP contribution in [0.4, 0.5) is 0 Å². The Kier molecular flexibility index (Phi) is 3.81. The molecule has 1 saturated heterocycles. The Balaban J connectivity index is 1.87. The maximum absolute atomic E-state index is 2.43. The quantitative estimate of drug-likeness (QED) is 0.598. The third kappa shape index (κ3) is 2.95. The van der Waals surface area contributed by atoms with Gasteiger partial charge in [0.2, 0.25) is 0 Å². The van der Waals surface area contributed by atoms with Gasteiger partial charge in [-0.05, 0) is 30.7 Å². The van der Waals surface area contributed by atoms with Gasteiger partial charge in [-0.25, -0.2) is 3.11 Å². The topological polar surface area (TPSA) is 3.24 Å². The molecule has 0 unspecified atom stereocenters. The van der Waals surface area contributed by atoms with Crippen molar-refractivity contribution in [3.63, 3.8) is 0 Å². The molecule has 0 aromatic heterocycles. The number of piperidine rings is 1. The minimum absolute atomic E-state index is 0.906. The highest BCUT2D eigenvalue weighted by Gasteiger charge is 2.17. The zero-order valence-corrected chi connectivity index (χ0v) is 10.5. The van der Waals surface area contributed by atoms with Gasteiger partial charge in [-0.15, -0.1) is 0 Å². The summed E-state index contributed by atoms with van der Waals surface area (Å²) in [7, 11) is 0. The van der Waals surface area contributed by atoms with Gasteiger partial charge in [-0.1, -0.05) is 30.3 Å². The van der Waals surface area contributed by atoms with Crippen LogP contribution in [0.3, 0.4) is 0 Å². The molecule has 0 radical (unpaired) electrons. The fraction of sp³-hybridized carbons (Fsp3) is 0.500. The molecule has 1 aliphatic heterocycles. The summed E-state index contributed by atoms with van der Waals surface area (Å²) in [5.74, 6) is 0.906. The van der Waals surface area contributed by atoms with Gasteiger partial charge in [-0.2, -0.15) is 0 Å². The Labute approximate surface area is 100.0 Å². The highest BCUT2D eigenvalue weighted by Crippen LogP contribution is 2.23. The summed E-state index contributed by atoms with van der Waals surface area (Å²) < 4.78 is 2.40. The first-order chi connectivity index (χ1) is 6.84. The lowest BCUT2D eigenvalue weighted by atomic mass is 9.91. The summed E-state index contributed by atoms with van der Waals surface area (Å²) in [5, 5.41) is 0. The average molecular weight is 301 g/mol. The standard InChI is InChI=1S/C12H16IN/c13-14-8-6-12(7-9-14)10-11-4-2-1-3-5-11/h1-5,12H,6-10H2. The van der Waals surface area contributed by atoms with E-state index in [4.69, 9.17) is 0 Å². The van der Waals surface area contributed by atoms with Crippen LogP contribution in [-0.4, -0.2) is 16.2 Å². The molecular weight excluding hydrogens is 285 g/mol. The number of hydrogen-bond donors (Lipinski definition) is 0. The van der Waals surface area contributed by atoms with Crippen LogP contribution in [0.2, 0.25) is 0 Å². The van der Waals surface area contributed by atoms with Crippen LogP contribution < -0.4 is 0 Å². The van der Waals surface area contributed by atoms with Crippen LogP contribution in [-0.2, 0) is 6.42 Å². The van der Waals surface area contributed by atoms with E-state index in [-0.39, 0.29) is 0 Å². The van der Waals surface area contributed by atoms with Crippen molar-refractivity contribution < 1.29 is 0 Å². The van der Waals surface area contributed by atoms with Gasteiger partial charge >= 0.3 is 0 Å². The van der Waals surface area contributed by atoms with Crippen molar-refractivity contribution in [2.24, 2.45) is 5.92 Å². The lowest BCUT2D eigenvalue weighted by Crippen LogP contribution is -2.26. The number of halogens is 1. The van der Waals surface area contributed by atoms with Gasteiger partial charge in [0.05, 0.1) is 0 Å². The Morgan fingerprint density at radius 1 is 1.14 bits per heavy atom. The van der Waals surface area contributed by atoms with Crippen molar-refractivity contribution in [2.45, 2.75) is 19.3 Å². The molecule has 0 amide bonds. The van der Waals surface area contributed by atoms with Crippen LogP contribution in [0.15, 0.2) is 30.3 Å². The second kappa shape index (κ2) is 5.12. The summed E-state index contributed by atoms with van der Waals surface area (Å²) in [6.07, 6.45) is 3.99. The minimum atomic E-state index is 0.906. The zero-order valence-electron chi connectivity index (χ0n) is 8.32. The van der Waals surface area contributed by atoms with E-state index in [0.717, 1.165) is 5.92 Å². The van der Waals surface area contributed by atoms with Crippen molar-refractivity contribution >= 4 is 22.9 Å². The monoisotopic (exact) mass is 301 g/mol. The Morgan fingerprint density at radius 3 is 2.43 bits per heavy atom. The molecule has 14 heavy (non-hydrogen) atoms. The minimum Gasteiger partial charge on any atom is -0.248 e. The van der Waals surface area contributed by atoms with Gasteiger partial charge < -0.3 is 0 Å². The van der Waals surface area contributed by atoms with Crippen LogP contribution in [0.1, 0.15) is 18.4 Å². The van der Waals surface area contributed by atoms with E-state index in [1.54, 1.807) is 0 Å². The van der Waals surface area contributed by atoms with Crippen molar-refractivity contribution in [3.05, 3.63) is 35.9 Å². The summed E-state index contributed by atoms with van der Waals surface area (Å²) >= 11 is 2.43. The van der Waals surface area contributed by atoms with Crippen LogP contribution in [0.5, 0.6) is 0 Å². The van der Waals surface area contributed by atoms with Gasteiger partial charge in [0.25, 0.3) is 0 Å². The molecule has 76 valence electrons. The van der Waals surface area contributed by atoms with Crippen LogP contribution in [0.25, 0.3) is 0 Å². The normalized spacial score (nSPS) is 19.8. The lowest BCUT2D eigenvalue weighted by Gasteiger charge is -2.27. The lowest BCUT2D eigenvalue weighted by molar-refractivity contribution is 0.307. The second-order valence-electron chi connectivity index (χ2n) is 4.04. The van der Waals surface area contributed by atoms with Crippen molar-refractivity contribution in [1.29, 1.82) is 0 Å². The number of hydrogen-bond acceptors (Lipinski definition) is 1. The Hall–Kier alpha value is -0.0900. The van der Waals surface area contributed by atoms with E-state index >= 15 is 0 Å². The summed E-state index contributed by atoms with van der Waals surface area (Å²) in [6.45, 7) is 2.52. The third-order valence-corrected chi connectivity index (χ3v) is 3.89. The van der Waals surface area contributed by atoms with E-state index in [1.807, 2.05) is 0 Å². The molecule has 0 bridgehead atoms. The van der Waals surface area contributed by atoms with E-state index in [0.29, 0.717) is 0 Å². The largest absolute Gasteiger partial charge is 0.248 e. The molecule has 1 aromatic rings. The molecule has 0 N–H and O–H groups in total. The van der Waals surface area contributed by atoms with Gasteiger partial charge in [0, 0.05) is 36.0 Å². The van der Waals surface area contributed by atoms with Crippen molar-refractivity contribution in [2.75, 3.05) is 13.1 Å². The Bertz CT molecular complexity index is 265. The molecule has 2 heteroatoms. The zero-order chi connectivity index (χ0) is 9.80. The number of rotatable bonds is 2. The molecule has 1 aliphatic rings. The van der Waals surface area contributed by atoms with Gasteiger partial charge in [0.15, 0.2) is 0 Å². The molecule has 2 rings (SSSR count). The fourth-order valence-corrected chi connectivity index (χ4v) is 2.61. The smallest absolute Gasteiger partial charge is 0.0201 e. The fourth-order valence-electron chi connectivity index (χ4n) is 2.05. The first-order valence-corrected chi connectivity index (χ1v) is 6.26. The van der Waals surface area contributed by atoms with E-state index < -0.39 is 0 Å². The predicted octanol–water partition coefficient (Wildman–Crippen LogP) is 3.29. The van der Waals surface area contributed by atoms with Gasteiger partial charge in [0.1, 0.15) is 0 Å². The average Bonchev–Trinajstić information content (AvgIpc) is 2.23. The highest BCUT2D eigenvalue weighted by molar-refractivity contribution is 14.1. The van der Waals surface area contributed by atoms with Gasteiger partial charge in [-0.3, -0.25) is 0 Å². The maximum atomic E-state index is 2.43. The van der Waals surface area contributed by atoms with Crippen LogP contribution in [0, 0.1) is 5.92 Å². The number of benzene rings is 1. The molecule has 1 fully saturated rings. The van der Waals surface area contributed by atoms with E-state index in [1.165, 1.54) is 37.9 Å². The third-order valence-electron chi connectivity index (χ3n) is 2.93. The first kappa shape index (κ1) is 10.4. The highest BCUT2D eigenvalue weighted by atomic mass is 127. The molecule has 0 spiro atoms. The summed E-state index contributed by atoms with van der Waals surface area (Å²) in [6, 6.07) is 10.9. The molecule has 1 aromatic carbocycles. The molecule has 0 atom stereocenters. The molecule has 1 heterocycles. The maximum Gasteiger partial charge on any atom is 0.0201 e. The predicted molar refractivity (Wildman–Crippen MR) is 68.5 cm³/mol. The first-order valence-electron chi connectivity index (χ1n) is 5.29. The van der Waals surface area contributed by atoms with Crippen molar-refractivity contribution in [1.82, 2.24) is 3.11 Å². The molecular formula is C12H16IN. The number of nitrogens with zero attached hydrogens (tertiary/aromatic N) is 1. The molecule has 1 nitrogen and oxygen atoms in total. The summed E-state index contributed by atoms with van der Waals surface area (Å²) in [4.78, 5) is 0. The van der Waals surface area contributed by atoms with Crippen LogP contribution >= 0.6 is 22.9 Å². The molecule has 0 saturated carbocycles. The second-order valence-corrected chi connectivity index (χ2v) is 5.41. The Morgan fingerprint density at radius 2 is 1.79 bits per heavy atom. The molecule has 0 aliphatic carbocycles. The summed E-state index contributed by atoms with van der Waals surface area (Å²) in [5.41, 5.74) is 1.50. The van der Waals surface area contributed by atoms with E-state index in [2.05, 4.69) is 56.3 Å². The van der Waals surface area contributed by atoms with Crippen molar-refractivity contribution in [3.8, 4) is 0 Å².